The predicted octanol–water partition coefficient (Wildman–Crippen LogP) is 2.27. The fourth-order valence-electron chi connectivity index (χ4n) is 1.47. The van der Waals surface area contributed by atoms with E-state index in [0.717, 1.165) is 18.7 Å². The van der Waals surface area contributed by atoms with E-state index in [4.69, 9.17) is 0 Å². The number of carbonyl (C=O) groups excluding carboxylic acids is 1. The minimum absolute atomic E-state index is 0.174. The lowest BCUT2D eigenvalue weighted by Gasteiger charge is -2.07. The third-order valence-electron chi connectivity index (χ3n) is 2.53. The molecule has 1 aromatic rings. The first kappa shape index (κ1) is 9.25. The average Bonchev–Trinajstić information content (AvgIpc) is 3.00. The Morgan fingerprint density at radius 1 is 1.36 bits per heavy atom. The molecule has 2 rings (SSSR count). The molecule has 0 spiro atoms. The van der Waals surface area contributed by atoms with Gasteiger partial charge in [0, 0.05) is 18.7 Å². The molecule has 14 heavy (non-hydrogen) atoms. The summed E-state index contributed by atoms with van der Waals surface area (Å²) in [7, 11) is 0. The number of hydrogen-bond acceptors (Lipinski definition) is 1. The van der Waals surface area contributed by atoms with Crippen molar-refractivity contribution in [3.8, 4) is 0 Å². The summed E-state index contributed by atoms with van der Waals surface area (Å²) in [5, 5.41) is 0. The standard InChI is InChI=1S/C12H15NO/c1-9(2)10-4-3-5-11(8-10)12(14)13-6-7-13/h3-5,8-9H,6-7H2,1-2H3. The van der Waals surface area contributed by atoms with Crippen molar-refractivity contribution in [1.29, 1.82) is 0 Å². The Morgan fingerprint density at radius 3 is 2.64 bits per heavy atom. The van der Waals surface area contributed by atoms with Crippen molar-refractivity contribution < 1.29 is 4.79 Å². The molecule has 0 radical (unpaired) electrons. The van der Waals surface area contributed by atoms with Gasteiger partial charge in [0.25, 0.3) is 5.91 Å². The zero-order chi connectivity index (χ0) is 10.1. The van der Waals surface area contributed by atoms with Gasteiger partial charge in [-0.05, 0) is 23.6 Å². The van der Waals surface area contributed by atoms with E-state index in [-0.39, 0.29) is 5.91 Å². The highest BCUT2D eigenvalue weighted by Crippen LogP contribution is 2.18. The molecule has 0 unspecified atom stereocenters. The highest BCUT2D eigenvalue weighted by atomic mass is 16.2. The van der Waals surface area contributed by atoms with Gasteiger partial charge in [0.2, 0.25) is 0 Å². The van der Waals surface area contributed by atoms with E-state index in [1.54, 1.807) is 0 Å². The number of nitrogens with zero attached hydrogens (tertiary/aromatic N) is 1. The van der Waals surface area contributed by atoms with Crippen LogP contribution in [0.15, 0.2) is 24.3 Å². The van der Waals surface area contributed by atoms with E-state index in [9.17, 15) is 4.79 Å². The lowest BCUT2D eigenvalue weighted by Crippen LogP contribution is -2.10. The van der Waals surface area contributed by atoms with Gasteiger partial charge < -0.3 is 4.90 Å². The van der Waals surface area contributed by atoms with E-state index >= 15 is 0 Å². The van der Waals surface area contributed by atoms with Crippen LogP contribution in [0.1, 0.15) is 35.7 Å². The van der Waals surface area contributed by atoms with Crippen LogP contribution in [0.2, 0.25) is 0 Å². The van der Waals surface area contributed by atoms with E-state index in [1.807, 2.05) is 23.1 Å². The van der Waals surface area contributed by atoms with E-state index in [2.05, 4.69) is 19.9 Å². The van der Waals surface area contributed by atoms with Gasteiger partial charge in [-0.3, -0.25) is 4.79 Å². The second kappa shape index (κ2) is 3.45. The van der Waals surface area contributed by atoms with Crippen LogP contribution in [0.4, 0.5) is 0 Å². The second-order valence-corrected chi connectivity index (χ2v) is 4.07. The van der Waals surface area contributed by atoms with E-state index in [0.29, 0.717) is 5.92 Å². The molecule has 2 heteroatoms. The molecule has 0 atom stereocenters. The highest BCUT2D eigenvalue weighted by molar-refractivity contribution is 5.95. The number of carbonyl (C=O) groups is 1. The van der Waals surface area contributed by atoms with Crippen molar-refractivity contribution in [1.82, 2.24) is 4.90 Å². The van der Waals surface area contributed by atoms with Crippen LogP contribution in [0.25, 0.3) is 0 Å². The summed E-state index contributed by atoms with van der Waals surface area (Å²) in [5.74, 6) is 0.657. The van der Waals surface area contributed by atoms with Crippen molar-refractivity contribution in [2.24, 2.45) is 0 Å². The molecule has 0 bridgehead atoms. The number of amides is 1. The molecular formula is C12H15NO. The Balaban J connectivity index is 2.25. The van der Waals surface area contributed by atoms with Crippen LogP contribution >= 0.6 is 0 Å². The largest absolute Gasteiger partial charge is 0.335 e. The van der Waals surface area contributed by atoms with Crippen molar-refractivity contribution in [2.75, 3.05) is 13.1 Å². The van der Waals surface area contributed by atoms with Gasteiger partial charge in [-0.1, -0.05) is 26.0 Å². The molecule has 1 heterocycles. The molecule has 1 aromatic carbocycles. The Bertz CT molecular complexity index is 353. The third kappa shape index (κ3) is 1.79. The summed E-state index contributed by atoms with van der Waals surface area (Å²) in [4.78, 5) is 13.6. The second-order valence-electron chi connectivity index (χ2n) is 4.07. The average molecular weight is 189 g/mol. The first-order valence-corrected chi connectivity index (χ1v) is 5.07. The van der Waals surface area contributed by atoms with Crippen molar-refractivity contribution in [3.63, 3.8) is 0 Å². The minimum Gasteiger partial charge on any atom is -0.335 e. The Morgan fingerprint density at radius 2 is 2.07 bits per heavy atom. The normalized spacial score (nSPS) is 14.6. The van der Waals surface area contributed by atoms with E-state index in [1.165, 1.54) is 5.56 Å². The summed E-state index contributed by atoms with van der Waals surface area (Å²) in [6.07, 6.45) is 0. The van der Waals surface area contributed by atoms with Gasteiger partial charge in [-0.15, -0.1) is 0 Å². The zero-order valence-corrected chi connectivity index (χ0v) is 8.66. The van der Waals surface area contributed by atoms with E-state index < -0.39 is 0 Å². The van der Waals surface area contributed by atoms with Crippen LogP contribution < -0.4 is 0 Å². The molecule has 74 valence electrons. The Hall–Kier alpha value is -1.31. The lowest BCUT2D eigenvalue weighted by atomic mass is 10.0. The number of rotatable bonds is 2. The zero-order valence-electron chi connectivity index (χ0n) is 8.66. The van der Waals surface area contributed by atoms with Crippen molar-refractivity contribution in [3.05, 3.63) is 35.4 Å². The minimum atomic E-state index is 0.174. The molecule has 1 fully saturated rings. The fourth-order valence-corrected chi connectivity index (χ4v) is 1.47. The maximum Gasteiger partial charge on any atom is 0.253 e. The van der Waals surface area contributed by atoms with Gasteiger partial charge in [0.05, 0.1) is 0 Å². The van der Waals surface area contributed by atoms with Crippen molar-refractivity contribution in [2.45, 2.75) is 19.8 Å². The molecule has 1 amide bonds. The van der Waals surface area contributed by atoms with Crippen LogP contribution in [-0.4, -0.2) is 23.9 Å². The molecule has 0 saturated carbocycles. The number of hydrogen-bond donors (Lipinski definition) is 0. The predicted molar refractivity (Wildman–Crippen MR) is 56.4 cm³/mol. The first-order chi connectivity index (χ1) is 6.68. The molecule has 0 N–H and O–H groups in total. The maximum absolute atomic E-state index is 11.7. The molecule has 0 aliphatic carbocycles. The Labute approximate surface area is 84.5 Å². The van der Waals surface area contributed by atoms with Crippen molar-refractivity contribution >= 4 is 5.91 Å². The Kier molecular flexibility index (Phi) is 2.28. The van der Waals surface area contributed by atoms with Crippen LogP contribution in [0, 0.1) is 0 Å². The van der Waals surface area contributed by atoms with Crippen LogP contribution in [0.3, 0.4) is 0 Å². The topological polar surface area (TPSA) is 20.1 Å². The number of benzene rings is 1. The van der Waals surface area contributed by atoms with Crippen LogP contribution in [-0.2, 0) is 0 Å². The first-order valence-electron chi connectivity index (χ1n) is 5.07. The molecule has 1 saturated heterocycles. The molecule has 0 aromatic heterocycles. The third-order valence-corrected chi connectivity index (χ3v) is 2.53. The smallest absolute Gasteiger partial charge is 0.253 e. The molecular weight excluding hydrogens is 174 g/mol. The van der Waals surface area contributed by atoms with Gasteiger partial charge in [0.15, 0.2) is 0 Å². The van der Waals surface area contributed by atoms with Crippen LogP contribution in [0.5, 0.6) is 0 Å². The summed E-state index contributed by atoms with van der Waals surface area (Å²) >= 11 is 0. The van der Waals surface area contributed by atoms with Gasteiger partial charge in [0.1, 0.15) is 0 Å². The monoisotopic (exact) mass is 189 g/mol. The molecule has 1 aliphatic heterocycles. The summed E-state index contributed by atoms with van der Waals surface area (Å²) in [6.45, 7) is 6.12. The lowest BCUT2D eigenvalue weighted by molar-refractivity contribution is 0.0885. The summed E-state index contributed by atoms with van der Waals surface area (Å²) < 4.78 is 0. The molecule has 2 nitrogen and oxygen atoms in total. The van der Waals surface area contributed by atoms with Gasteiger partial charge in [-0.25, -0.2) is 0 Å². The fraction of sp³-hybridized carbons (Fsp3) is 0.417. The quantitative estimate of drug-likeness (QED) is 0.653. The van der Waals surface area contributed by atoms with Gasteiger partial charge >= 0.3 is 0 Å². The highest BCUT2D eigenvalue weighted by Gasteiger charge is 2.25. The maximum atomic E-state index is 11.7. The summed E-state index contributed by atoms with van der Waals surface area (Å²) in [6, 6.07) is 7.94. The summed E-state index contributed by atoms with van der Waals surface area (Å²) in [5.41, 5.74) is 2.06. The molecule has 1 aliphatic rings. The SMILES string of the molecule is CC(C)c1cccc(C(=O)N2CC2)c1. The van der Waals surface area contributed by atoms with Gasteiger partial charge in [-0.2, -0.15) is 0 Å².